The summed E-state index contributed by atoms with van der Waals surface area (Å²) in [6.45, 7) is 9.71. The van der Waals surface area contributed by atoms with E-state index in [9.17, 15) is 8.42 Å². The van der Waals surface area contributed by atoms with Crippen LogP contribution in [-0.4, -0.2) is 13.4 Å². The van der Waals surface area contributed by atoms with E-state index in [4.69, 9.17) is 4.42 Å². The van der Waals surface area contributed by atoms with Crippen LogP contribution in [0.1, 0.15) is 50.2 Å². The first-order valence-corrected chi connectivity index (χ1v) is 9.00. The average Bonchev–Trinajstić information content (AvgIpc) is 2.95. The Hall–Kier alpha value is -1.18. The first-order chi connectivity index (χ1) is 9.59. The molecule has 0 bridgehead atoms. The van der Waals surface area contributed by atoms with Gasteiger partial charge in [-0.05, 0) is 26.0 Å². The lowest BCUT2D eigenvalue weighted by molar-refractivity contribution is 0.423. The van der Waals surface area contributed by atoms with Gasteiger partial charge in [-0.25, -0.2) is 13.4 Å². The van der Waals surface area contributed by atoms with Crippen LogP contribution in [0.4, 0.5) is 0 Å². The van der Waals surface area contributed by atoms with Gasteiger partial charge in [0.25, 0.3) is 10.0 Å². The summed E-state index contributed by atoms with van der Waals surface area (Å²) in [5.74, 6) is 0.562. The van der Waals surface area contributed by atoms with Gasteiger partial charge in [-0.2, -0.15) is 4.72 Å². The molecule has 21 heavy (non-hydrogen) atoms. The number of aromatic nitrogens is 1. The molecule has 1 atom stereocenters. The Labute approximate surface area is 129 Å². The third kappa shape index (κ3) is 3.72. The molecule has 0 amide bonds. The number of aryl methyl sites for hydroxylation is 1. The van der Waals surface area contributed by atoms with E-state index in [0.717, 1.165) is 10.7 Å². The van der Waals surface area contributed by atoms with Crippen LogP contribution in [0.2, 0.25) is 0 Å². The fourth-order valence-corrected chi connectivity index (χ4v) is 4.04. The van der Waals surface area contributed by atoms with Crippen LogP contribution < -0.4 is 4.72 Å². The second-order valence-electron chi connectivity index (χ2n) is 6.03. The van der Waals surface area contributed by atoms with Gasteiger partial charge in [-0.15, -0.1) is 11.3 Å². The van der Waals surface area contributed by atoms with Gasteiger partial charge in [0.2, 0.25) is 5.09 Å². The minimum Gasteiger partial charge on any atom is -0.449 e. The lowest BCUT2D eigenvalue weighted by Gasteiger charge is -2.15. The number of thiazole rings is 1. The van der Waals surface area contributed by atoms with Crippen molar-refractivity contribution in [2.24, 2.45) is 0 Å². The lowest BCUT2D eigenvalue weighted by atomic mass is 9.93. The minimum absolute atomic E-state index is 0.0501. The van der Waals surface area contributed by atoms with Gasteiger partial charge in [0.1, 0.15) is 10.8 Å². The molecule has 0 aliphatic rings. The van der Waals surface area contributed by atoms with E-state index in [1.54, 1.807) is 19.9 Å². The smallest absolute Gasteiger partial charge is 0.274 e. The van der Waals surface area contributed by atoms with Gasteiger partial charge in [0.05, 0.1) is 11.7 Å². The van der Waals surface area contributed by atoms with Gasteiger partial charge >= 0.3 is 0 Å². The molecule has 0 radical (unpaired) electrons. The highest BCUT2D eigenvalue weighted by Crippen LogP contribution is 2.27. The number of hydrogen-bond donors (Lipinski definition) is 1. The predicted octanol–water partition coefficient (Wildman–Crippen LogP) is 3.38. The van der Waals surface area contributed by atoms with Crippen molar-refractivity contribution in [1.82, 2.24) is 9.71 Å². The second kappa shape index (κ2) is 5.55. The Morgan fingerprint density at radius 1 is 1.33 bits per heavy atom. The van der Waals surface area contributed by atoms with Crippen LogP contribution in [0.3, 0.4) is 0 Å². The normalized spacial score (nSPS) is 14.3. The molecule has 0 aromatic carbocycles. The Morgan fingerprint density at radius 2 is 2.00 bits per heavy atom. The molecule has 116 valence electrons. The summed E-state index contributed by atoms with van der Waals surface area (Å²) in [5.41, 5.74) is 0.910. The van der Waals surface area contributed by atoms with Gasteiger partial charge in [0.15, 0.2) is 0 Å². The van der Waals surface area contributed by atoms with E-state index in [1.165, 1.54) is 17.4 Å². The number of furan rings is 1. The number of sulfonamides is 1. The maximum absolute atomic E-state index is 12.2. The van der Waals surface area contributed by atoms with Crippen molar-refractivity contribution in [1.29, 1.82) is 0 Å². The first-order valence-electron chi connectivity index (χ1n) is 6.64. The van der Waals surface area contributed by atoms with Gasteiger partial charge in [-0.3, -0.25) is 0 Å². The van der Waals surface area contributed by atoms with Gasteiger partial charge < -0.3 is 4.42 Å². The van der Waals surface area contributed by atoms with Crippen molar-refractivity contribution in [2.45, 2.75) is 51.2 Å². The summed E-state index contributed by atoms with van der Waals surface area (Å²) in [6, 6.07) is 2.68. The molecular weight excluding hydrogens is 308 g/mol. The van der Waals surface area contributed by atoms with E-state index in [-0.39, 0.29) is 10.5 Å². The molecule has 2 rings (SSSR count). The maximum Gasteiger partial charge on any atom is 0.274 e. The molecule has 2 heterocycles. The van der Waals surface area contributed by atoms with Crippen LogP contribution >= 0.6 is 11.3 Å². The molecule has 0 saturated carbocycles. The SMILES string of the molecule is Cc1ccc(S(=O)(=O)NC(C)c2nc(C(C)(C)C)cs2)o1. The highest BCUT2D eigenvalue weighted by atomic mass is 32.2. The van der Waals surface area contributed by atoms with Crippen molar-refractivity contribution in [2.75, 3.05) is 0 Å². The third-order valence-electron chi connectivity index (χ3n) is 2.97. The second-order valence-corrected chi connectivity index (χ2v) is 8.56. The van der Waals surface area contributed by atoms with Gasteiger partial charge in [-0.1, -0.05) is 20.8 Å². The number of hydrogen-bond acceptors (Lipinski definition) is 5. The molecule has 2 aromatic heterocycles. The summed E-state index contributed by atoms with van der Waals surface area (Å²) < 4.78 is 32.2. The largest absolute Gasteiger partial charge is 0.449 e. The fourth-order valence-electron chi connectivity index (χ4n) is 1.73. The maximum atomic E-state index is 12.2. The summed E-state index contributed by atoms with van der Waals surface area (Å²) in [5, 5.41) is 2.64. The van der Waals surface area contributed by atoms with E-state index in [1.807, 2.05) is 5.38 Å². The Bertz CT molecular complexity index is 723. The molecule has 0 aliphatic heterocycles. The van der Waals surface area contributed by atoms with E-state index in [0.29, 0.717) is 5.76 Å². The van der Waals surface area contributed by atoms with Crippen molar-refractivity contribution in [3.8, 4) is 0 Å². The first kappa shape index (κ1) is 16.2. The highest BCUT2D eigenvalue weighted by Gasteiger charge is 2.25. The zero-order chi connectivity index (χ0) is 15.8. The fraction of sp³-hybridized carbons (Fsp3) is 0.500. The highest BCUT2D eigenvalue weighted by molar-refractivity contribution is 7.89. The van der Waals surface area contributed by atoms with Crippen LogP contribution in [-0.2, 0) is 15.4 Å². The molecular formula is C14H20N2O3S2. The van der Waals surface area contributed by atoms with Crippen molar-refractivity contribution >= 4 is 21.4 Å². The van der Waals surface area contributed by atoms with Crippen LogP contribution in [0.25, 0.3) is 0 Å². The van der Waals surface area contributed by atoms with Crippen molar-refractivity contribution in [3.63, 3.8) is 0 Å². The monoisotopic (exact) mass is 328 g/mol. The predicted molar refractivity (Wildman–Crippen MR) is 83.0 cm³/mol. The zero-order valence-electron chi connectivity index (χ0n) is 12.8. The third-order valence-corrected chi connectivity index (χ3v) is 5.41. The van der Waals surface area contributed by atoms with E-state index >= 15 is 0 Å². The van der Waals surface area contributed by atoms with E-state index < -0.39 is 16.1 Å². The topological polar surface area (TPSA) is 72.2 Å². The van der Waals surface area contributed by atoms with Gasteiger partial charge in [0, 0.05) is 10.8 Å². The van der Waals surface area contributed by atoms with Crippen LogP contribution in [0.5, 0.6) is 0 Å². The van der Waals surface area contributed by atoms with E-state index in [2.05, 4.69) is 30.5 Å². The Balaban J connectivity index is 2.18. The van der Waals surface area contributed by atoms with Crippen LogP contribution in [0, 0.1) is 6.92 Å². The number of rotatable bonds is 4. The standard InChI is InChI=1S/C14H20N2O3S2/c1-9-6-7-12(19-9)21(17,18)16-10(2)13-15-11(8-20-13)14(3,4)5/h6-8,10,16H,1-5H3. The molecule has 0 spiro atoms. The zero-order valence-corrected chi connectivity index (χ0v) is 14.4. The molecule has 2 aromatic rings. The molecule has 1 unspecified atom stereocenters. The summed E-state index contributed by atoms with van der Waals surface area (Å²) in [6.07, 6.45) is 0. The average molecular weight is 328 g/mol. The summed E-state index contributed by atoms with van der Waals surface area (Å²) in [4.78, 5) is 4.53. The quantitative estimate of drug-likeness (QED) is 0.934. The molecule has 1 N–H and O–H groups in total. The van der Waals surface area contributed by atoms with Crippen LogP contribution in [0.15, 0.2) is 27.0 Å². The molecule has 0 fully saturated rings. The van der Waals surface area contributed by atoms with Crippen molar-refractivity contribution < 1.29 is 12.8 Å². The molecule has 0 saturated heterocycles. The number of nitrogens with zero attached hydrogens (tertiary/aromatic N) is 1. The Kier molecular flexibility index (Phi) is 4.28. The minimum atomic E-state index is -3.66. The van der Waals surface area contributed by atoms with Crippen molar-refractivity contribution in [3.05, 3.63) is 34.0 Å². The summed E-state index contributed by atoms with van der Waals surface area (Å²) in [7, 11) is -3.66. The summed E-state index contributed by atoms with van der Waals surface area (Å²) >= 11 is 1.46. The molecule has 0 aliphatic carbocycles. The molecule has 7 heteroatoms. The Morgan fingerprint density at radius 3 is 2.48 bits per heavy atom. The molecule has 5 nitrogen and oxygen atoms in total. The number of nitrogens with one attached hydrogen (secondary N) is 1. The lowest BCUT2D eigenvalue weighted by Crippen LogP contribution is -2.26.